The minimum Gasteiger partial charge on any atom is -0.319 e. The normalized spacial score (nSPS) is 12.5. The van der Waals surface area contributed by atoms with Crippen LogP contribution >= 0.6 is 12.4 Å². The quantitative estimate of drug-likeness (QED) is 0.882. The van der Waals surface area contributed by atoms with E-state index < -0.39 is 12.5 Å². The van der Waals surface area contributed by atoms with Crippen molar-refractivity contribution in [2.24, 2.45) is 5.73 Å². The van der Waals surface area contributed by atoms with Gasteiger partial charge in [0, 0.05) is 11.6 Å². The van der Waals surface area contributed by atoms with Gasteiger partial charge in [0.1, 0.15) is 0 Å². The molecule has 5 heteroatoms. The molecule has 2 N–H and O–H groups in total. The second kappa shape index (κ2) is 5.18. The second-order valence-electron chi connectivity index (χ2n) is 3.28. The molecular formula is C11H11ClF2N2. The van der Waals surface area contributed by atoms with Gasteiger partial charge in [-0.15, -0.1) is 12.4 Å². The van der Waals surface area contributed by atoms with Crippen molar-refractivity contribution < 1.29 is 8.78 Å². The van der Waals surface area contributed by atoms with Crippen LogP contribution in [0.15, 0.2) is 36.5 Å². The summed E-state index contributed by atoms with van der Waals surface area (Å²) in [7, 11) is 0. The van der Waals surface area contributed by atoms with Crippen molar-refractivity contribution in [2.75, 3.05) is 0 Å². The van der Waals surface area contributed by atoms with E-state index in [0.29, 0.717) is 16.5 Å². The molecule has 1 aromatic carbocycles. The third-order valence-corrected chi connectivity index (χ3v) is 2.31. The largest absolute Gasteiger partial charge is 0.319 e. The number of alkyl halides is 2. The minimum absolute atomic E-state index is 0. The molecule has 2 rings (SSSR count). The average molecular weight is 245 g/mol. The number of benzene rings is 1. The van der Waals surface area contributed by atoms with Crippen LogP contribution in [0.4, 0.5) is 8.78 Å². The number of fused-ring (bicyclic) bond motifs is 1. The van der Waals surface area contributed by atoms with Crippen LogP contribution in [-0.4, -0.2) is 11.4 Å². The molecule has 0 unspecified atom stereocenters. The molecule has 0 amide bonds. The van der Waals surface area contributed by atoms with Gasteiger partial charge in [-0.2, -0.15) is 0 Å². The van der Waals surface area contributed by atoms with Crippen LogP contribution in [0.3, 0.4) is 0 Å². The molecular weight excluding hydrogens is 234 g/mol. The van der Waals surface area contributed by atoms with Gasteiger partial charge in [-0.1, -0.05) is 18.2 Å². The SMILES string of the molecule is Cl.N[C@H](c1ccnc2ccccc12)C(F)F. The van der Waals surface area contributed by atoms with E-state index in [2.05, 4.69) is 4.98 Å². The monoisotopic (exact) mass is 244 g/mol. The zero-order valence-corrected chi connectivity index (χ0v) is 9.12. The van der Waals surface area contributed by atoms with Gasteiger partial charge in [-0.05, 0) is 17.7 Å². The molecule has 86 valence electrons. The Labute approximate surface area is 97.9 Å². The molecule has 2 nitrogen and oxygen atoms in total. The van der Waals surface area contributed by atoms with E-state index in [0.717, 1.165) is 0 Å². The third-order valence-electron chi connectivity index (χ3n) is 2.31. The van der Waals surface area contributed by atoms with Crippen LogP contribution in [-0.2, 0) is 0 Å². The first kappa shape index (κ1) is 12.8. The van der Waals surface area contributed by atoms with Gasteiger partial charge in [0.25, 0.3) is 6.43 Å². The fourth-order valence-corrected chi connectivity index (χ4v) is 1.54. The van der Waals surface area contributed by atoms with Crippen LogP contribution < -0.4 is 5.73 Å². The molecule has 0 radical (unpaired) electrons. The number of pyridine rings is 1. The summed E-state index contributed by atoms with van der Waals surface area (Å²) in [4.78, 5) is 4.08. The number of nitrogens with zero attached hydrogens (tertiary/aromatic N) is 1. The Morgan fingerprint density at radius 1 is 1.12 bits per heavy atom. The lowest BCUT2D eigenvalue weighted by atomic mass is 10.0. The first-order valence-electron chi connectivity index (χ1n) is 4.57. The van der Waals surface area contributed by atoms with E-state index in [9.17, 15) is 8.78 Å². The summed E-state index contributed by atoms with van der Waals surface area (Å²) in [6.07, 6.45) is -1.06. The highest BCUT2D eigenvalue weighted by molar-refractivity contribution is 5.85. The zero-order valence-electron chi connectivity index (χ0n) is 8.31. The molecule has 0 saturated carbocycles. The van der Waals surface area contributed by atoms with Gasteiger partial charge in [-0.25, -0.2) is 8.78 Å². The summed E-state index contributed by atoms with van der Waals surface area (Å²) in [5, 5.41) is 0.688. The van der Waals surface area contributed by atoms with Crippen molar-refractivity contribution in [3.63, 3.8) is 0 Å². The molecule has 1 atom stereocenters. The van der Waals surface area contributed by atoms with Gasteiger partial charge in [-0.3, -0.25) is 4.98 Å². The molecule has 0 aliphatic heterocycles. The Balaban J connectivity index is 0.00000128. The Morgan fingerprint density at radius 2 is 1.81 bits per heavy atom. The van der Waals surface area contributed by atoms with Crippen LogP contribution in [0.5, 0.6) is 0 Å². The van der Waals surface area contributed by atoms with Crippen LogP contribution in [0.2, 0.25) is 0 Å². The first-order valence-corrected chi connectivity index (χ1v) is 4.57. The molecule has 1 heterocycles. The average Bonchev–Trinajstić information content (AvgIpc) is 2.27. The predicted octanol–water partition coefficient (Wildman–Crippen LogP) is 2.92. The van der Waals surface area contributed by atoms with E-state index >= 15 is 0 Å². The molecule has 0 aliphatic carbocycles. The highest BCUT2D eigenvalue weighted by Gasteiger charge is 2.19. The number of halogens is 3. The lowest BCUT2D eigenvalue weighted by Crippen LogP contribution is -2.19. The van der Waals surface area contributed by atoms with Gasteiger partial charge in [0.05, 0.1) is 11.6 Å². The van der Waals surface area contributed by atoms with Gasteiger partial charge >= 0.3 is 0 Å². The van der Waals surface area contributed by atoms with Gasteiger partial charge < -0.3 is 5.73 Å². The Morgan fingerprint density at radius 3 is 2.50 bits per heavy atom. The number of nitrogens with two attached hydrogens (primary N) is 1. The minimum atomic E-state index is -2.56. The summed E-state index contributed by atoms with van der Waals surface area (Å²) >= 11 is 0. The van der Waals surface area contributed by atoms with Gasteiger partial charge in [0.15, 0.2) is 0 Å². The topological polar surface area (TPSA) is 38.9 Å². The maximum Gasteiger partial charge on any atom is 0.257 e. The molecule has 0 aliphatic rings. The summed E-state index contributed by atoms with van der Waals surface area (Å²) in [5.41, 5.74) is 6.55. The first-order chi connectivity index (χ1) is 7.20. The van der Waals surface area contributed by atoms with E-state index in [1.165, 1.54) is 6.20 Å². The fourth-order valence-electron chi connectivity index (χ4n) is 1.54. The van der Waals surface area contributed by atoms with Crippen molar-refractivity contribution in [1.82, 2.24) is 4.98 Å². The highest BCUT2D eigenvalue weighted by atomic mass is 35.5. The van der Waals surface area contributed by atoms with Crippen molar-refractivity contribution in [1.29, 1.82) is 0 Å². The summed E-state index contributed by atoms with van der Waals surface area (Å²) in [6, 6.07) is 7.41. The van der Waals surface area contributed by atoms with Crippen molar-refractivity contribution >= 4 is 23.3 Å². The number of aromatic nitrogens is 1. The predicted molar refractivity (Wildman–Crippen MR) is 61.9 cm³/mol. The molecule has 16 heavy (non-hydrogen) atoms. The van der Waals surface area contributed by atoms with Gasteiger partial charge in [0.2, 0.25) is 0 Å². The van der Waals surface area contributed by atoms with E-state index in [4.69, 9.17) is 5.73 Å². The van der Waals surface area contributed by atoms with E-state index in [-0.39, 0.29) is 12.4 Å². The number of para-hydroxylation sites is 1. The standard InChI is InChI=1S/C11H10F2N2.ClH/c12-11(13)10(14)8-5-6-15-9-4-2-1-3-7(8)9;/h1-6,10-11H,14H2;1H/t10-;/m1./s1. The zero-order chi connectivity index (χ0) is 10.8. The Kier molecular flexibility index (Phi) is 4.15. The lowest BCUT2D eigenvalue weighted by Gasteiger charge is -2.12. The summed E-state index contributed by atoms with van der Waals surface area (Å²) in [6.45, 7) is 0. The highest BCUT2D eigenvalue weighted by Crippen LogP contribution is 2.24. The van der Waals surface area contributed by atoms with Crippen LogP contribution in [0.1, 0.15) is 11.6 Å². The fraction of sp³-hybridized carbons (Fsp3) is 0.182. The lowest BCUT2D eigenvalue weighted by molar-refractivity contribution is 0.117. The maximum atomic E-state index is 12.5. The van der Waals surface area contributed by atoms with E-state index in [1.54, 1.807) is 24.3 Å². The molecule has 0 bridgehead atoms. The summed E-state index contributed by atoms with van der Waals surface area (Å²) in [5.74, 6) is 0. The molecule has 0 saturated heterocycles. The van der Waals surface area contributed by atoms with Crippen LogP contribution in [0.25, 0.3) is 10.9 Å². The maximum absolute atomic E-state index is 12.5. The van der Waals surface area contributed by atoms with Crippen molar-refractivity contribution in [2.45, 2.75) is 12.5 Å². The summed E-state index contributed by atoms with van der Waals surface area (Å²) < 4.78 is 25.0. The Bertz CT molecular complexity index is 471. The van der Waals surface area contributed by atoms with E-state index in [1.807, 2.05) is 6.07 Å². The third kappa shape index (κ3) is 2.28. The second-order valence-corrected chi connectivity index (χ2v) is 3.28. The van der Waals surface area contributed by atoms with Crippen molar-refractivity contribution in [3.05, 3.63) is 42.1 Å². The molecule has 0 spiro atoms. The Hall–Kier alpha value is -1.26. The van der Waals surface area contributed by atoms with Crippen LogP contribution in [0, 0.1) is 0 Å². The molecule has 2 aromatic rings. The van der Waals surface area contributed by atoms with Crippen molar-refractivity contribution in [3.8, 4) is 0 Å². The number of hydrogen-bond acceptors (Lipinski definition) is 2. The smallest absolute Gasteiger partial charge is 0.257 e. The number of hydrogen-bond donors (Lipinski definition) is 1. The molecule has 0 fully saturated rings. The number of rotatable bonds is 2. The molecule has 1 aromatic heterocycles.